The number of rotatable bonds is 5. The third-order valence-corrected chi connectivity index (χ3v) is 4.30. The van der Waals surface area contributed by atoms with Gasteiger partial charge in [-0.15, -0.1) is 11.3 Å². The standard InChI is InChI=1S/C14H11BrClNO2S/c15-9-2-1-3-10(8-9)17-14(19)7-4-11(18)12-5-6-13(16)20-12/h1-3,5-6,8H,4,7H2,(H,17,19). The summed E-state index contributed by atoms with van der Waals surface area (Å²) in [6, 6.07) is 10.7. The maximum atomic E-state index is 11.8. The fourth-order valence-corrected chi connectivity index (χ4v) is 3.01. The van der Waals surface area contributed by atoms with Gasteiger partial charge in [0.1, 0.15) is 0 Å². The molecule has 0 saturated carbocycles. The number of hydrogen-bond donors (Lipinski definition) is 1. The van der Waals surface area contributed by atoms with Crippen LogP contribution in [0.15, 0.2) is 40.9 Å². The molecule has 0 aliphatic heterocycles. The molecule has 0 atom stereocenters. The maximum Gasteiger partial charge on any atom is 0.224 e. The average Bonchev–Trinajstić information content (AvgIpc) is 2.83. The first-order valence-corrected chi connectivity index (χ1v) is 7.87. The van der Waals surface area contributed by atoms with Gasteiger partial charge in [-0.05, 0) is 30.3 Å². The highest BCUT2D eigenvalue weighted by atomic mass is 79.9. The molecule has 0 aliphatic carbocycles. The zero-order valence-corrected chi connectivity index (χ0v) is 13.5. The molecule has 3 nitrogen and oxygen atoms in total. The molecule has 0 radical (unpaired) electrons. The van der Waals surface area contributed by atoms with Gasteiger partial charge in [-0.2, -0.15) is 0 Å². The molecular weight excluding hydrogens is 362 g/mol. The Labute approximate surface area is 134 Å². The van der Waals surface area contributed by atoms with Crippen LogP contribution in [0.5, 0.6) is 0 Å². The quantitative estimate of drug-likeness (QED) is 0.769. The monoisotopic (exact) mass is 371 g/mol. The summed E-state index contributed by atoms with van der Waals surface area (Å²) in [5, 5.41) is 2.75. The predicted octanol–water partition coefficient (Wildman–Crippen LogP) is 4.77. The van der Waals surface area contributed by atoms with Crippen molar-refractivity contribution in [3.63, 3.8) is 0 Å². The largest absolute Gasteiger partial charge is 0.326 e. The van der Waals surface area contributed by atoms with Gasteiger partial charge in [-0.3, -0.25) is 9.59 Å². The maximum absolute atomic E-state index is 11.8. The Balaban J connectivity index is 1.85. The molecule has 2 aromatic rings. The van der Waals surface area contributed by atoms with Gasteiger partial charge in [-0.25, -0.2) is 0 Å². The fourth-order valence-electron chi connectivity index (χ4n) is 1.60. The van der Waals surface area contributed by atoms with Gasteiger partial charge < -0.3 is 5.32 Å². The van der Waals surface area contributed by atoms with Crippen LogP contribution in [0.1, 0.15) is 22.5 Å². The first-order chi connectivity index (χ1) is 9.54. The molecule has 1 heterocycles. The SMILES string of the molecule is O=C(CCC(=O)c1ccc(Cl)s1)Nc1cccc(Br)c1. The Morgan fingerprint density at radius 1 is 1.20 bits per heavy atom. The molecule has 20 heavy (non-hydrogen) atoms. The molecule has 104 valence electrons. The molecule has 0 unspecified atom stereocenters. The summed E-state index contributed by atoms with van der Waals surface area (Å²) < 4.78 is 1.46. The van der Waals surface area contributed by atoms with E-state index in [0.717, 1.165) is 4.47 Å². The summed E-state index contributed by atoms with van der Waals surface area (Å²) >= 11 is 10.3. The van der Waals surface area contributed by atoms with Crippen molar-refractivity contribution >= 4 is 56.2 Å². The highest BCUT2D eigenvalue weighted by Crippen LogP contribution is 2.23. The highest BCUT2D eigenvalue weighted by Gasteiger charge is 2.11. The number of benzene rings is 1. The van der Waals surface area contributed by atoms with Gasteiger partial charge in [0.15, 0.2) is 5.78 Å². The van der Waals surface area contributed by atoms with Crippen molar-refractivity contribution in [3.05, 3.63) is 50.1 Å². The van der Waals surface area contributed by atoms with E-state index in [-0.39, 0.29) is 24.5 Å². The lowest BCUT2D eigenvalue weighted by Gasteiger charge is -2.04. The number of carbonyl (C=O) groups is 2. The van der Waals surface area contributed by atoms with Crippen LogP contribution in [0.2, 0.25) is 4.34 Å². The number of amides is 1. The molecular formula is C14H11BrClNO2S. The number of Topliss-reactive ketones (excluding diaryl/α,β-unsaturated/α-hetero) is 1. The topological polar surface area (TPSA) is 46.2 Å². The summed E-state index contributed by atoms with van der Waals surface area (Å²) in [7, 11) is 0. The van der Waals surface area contributed by atoms with Gasteiger partial charge in [0, 0.05) is 23.0 Å². The van der Waals surface area contributed by atoms with Gasteiger partial charge >= 0.3 is 0 Å². The molecule has 0 spiro atoms. The van der Waals surface area contributed by atoms with E-state index in [4.69, 9.17) is 11.6 Å². The lowest BCUT2D eigenvalue weighted by molar-refractivity contribution is -0.116. The molecule has 2 rings (SSSR count). The summed E-state index contributed by atoms with van der Waals surface area (Å²) in [6.45, 7) is 0. The van der Waals surface area contributed by atoms with Crippen molar-refractivity contribution in [3.8, 4) is 0 Å². The Hall–Kier alpha value is -1.17. The lowest BCUT2D eigenvalue weighted by Crippen LogP contribution is -2.13. The predicted molar refractivity (Wildman–Crippen MR) is 85.7 cm³/mol. The van der Waals surface area contributed by atoms with Crippen LogP contribution in [0.4, 0.5) is 5.69 Å². The number of hydrogen-bond acceptors (Lipinski definition) is 3. The molecule has 1 aromatic carbocycles. The van der Waals surface area contributed by atoms with Crippen LogP contribution < -0.4 is 5.32 Å². The highest BCUT2D eigenvalue weighted by molar-refractivity contribution is 9.10. The van der Waals surface area contributed by atoms with Gasteiger partial charge in [0.25, 0.3) is 0 Å². The first kappa shape index (κ1) is 15.2. The second-order valence-corrected chi connectivity index (χ2v) is 6.72. The first-order valence-electron chi connectivity index (χ1n) is 5.88. The van der Waals surface area contributed by atoms with Crippen LogP contribution in [0, 0.1) is 0 Å². The van der Waals surface area contributed by atoms with Crippen molar-refractivity contribution in [2.45, 2.75) is 12.8 Å². The van der Waals surface area contributed by atoms with Gasteiger partial charge in [0.05, 0.1) is 9.21 Å². The van der Waals surface area contributed by atoms with Crippen molar-refractivity contribution in [2.24, 2.45) is 0 Å². The van der Waals surface area contributed by atoms with E-state index in [1.807, 2.05) is 12.1 Å². The van der Waals surface area contributed by atoms with E-state index >= 15 is 0 Å². The molecule has 0 aliphatic rings. The van der Waals surface area contributed by atoms with Crippen molar-refractivity contribution in [2.75, 3.05) is 5.32 Å². The molecule has 0 saturated heterocycles. The van der Waals surface area contributed by atoms with E-state index in [1.165, 1.54) is 11.3 Å². The minimum absolute atomic E-state index is 0.0636. The van der Waals surface area contributed by atoms with Crippen LogP contribution in [0.3, 0.4) is 0 Å². The zero-order chi connectivity index (χ0) is 14.5. The third-order valence-electron chi connectivity index (χ3n) is 2.54. The molecule has 0 fully saturated rings. The van der Waals surface area contributed by atoms with Crippen molar-refractivity contribution < 1.29 is 9.59 Å². The minimum Gasteiger partial charge on any atom is -0.326 e. The van der Waals surface area contributed by atoms with Crippen LogP contribution in [-0.4, -0.2) is 11.7 Å². The van der Waals surface area contributed by atoms with Crippen LogP contribution in [-0.2, 0) is 4.79 Å². The number of nitrogens with one attached hydrogen (secondary N) is 1. The summed E-state index contributed by atoms with van der Waals surface area (Å²) in [6.07, 6.45) is 0.331. The number of halogens is 2. The number of thiophene rings is 1. The Kier molecular flexibility index (Phi) is 5.34. The van der Waals surface area contributed by atoms with E-state index in [2.05, 4.69) is 21.2 Å². The van der Waals surface area contributed by atoms with E-state index in [0.29, 0.717) is 14.9 Å². The van der Waals surface area contributed by atoms with Crippen molar-refractivity contribution in [1.29, 1.82) is 0 Å². The number of ketones is 1. The number of carbonyl (C=O) groups excluding carboxylic acids is 2. The van der Waals surface area contributed by atoms with Crippen LogP contribution >= 0.6 is 38.9 Å². The van der Waals surface area contributed by atoms with E-state index in [1.54, 1.807) is 24.3 Å². The Bertz CT molecular complexity index is 642. The van der Waals surface area contributed by atoms with E-state index in [9.17, 15) is 9.59 Å². The number of anilines is 1. The zero-order valence-electron chi connectivity index (χ0n) is 10.4. The lowest BCUT2D eigenvalue weighted by atomic mass is 10.2. The molecule has 1 N–H and O–H groups in total. The Morgan fingerprint density at radius 2 is 2.00 bits per heavy atom. The van der Waals surface area contributed by atoms with Gasteiger partial charge in [-0.1, -0.05) is 33.6 Å². The third kappa shape index (κ3) is 4.44. The second kappa shape index (κ2) is 7.02. The van der Waals surface area contributed by atoms with E-state index < -0.39 is 0 Å². The summed E-state index contributed by atoms with van der Waals surface area (Å²) in [5.41, 5.74) is 0.705. The molecule has 6 heteroatoms. The minimum atomic E-state index is -0.181. The molecule has 1 aromatic heterocycles. The average molecular weight is 373 g/mol. The Morgan fingerprint density at radius 3 is 2.65 bits per heavy atom. The normalized spacial score (nSPS) is 10.3. The van der Waals surface area contributed by atoms with Crippen LogP contribution in [0.25, 0.3) is 0 Å². The summed E-state index contributed by atoms with van der Waals surface area (Å²) in [4.78, 5) is 24.2. The van der Waals surface area contributed by atoms with Gasteiger partial charge in [0.2, 0.25) is 5.91 Å². The second-order valence-electron chi connectivity index (χ2n) is 4.09. The molecule has 0 bridgehead atoms. The molecule has 1 amide bonds. The van der Waals surface area contributed by atoms with Crippen molar-refractivity contribution in [1.82, 2.24) is 0 Å². The fraction of sp³-hybridized carbons (Fsp3) is 0.143. The summed E-state index contributed by atoms with van der Waals surface area (Å²) in [5.74, 6) is -0.245. The smallest absolute Gasteiger partial charge is 0.224 e.